The second kappa shape index (κ2) is 8.02. The van der Waals surface area contributed by atoms with Gasteiger partial charge in [-0.05, 0) is 31.2 Å². The van der Waals surface area contributed by atoms with E-state index in [9.17, 15) is 26.0 Å². The van der Waals surface area contributed by atoms with Gasteiger partial charge in [0.1, 0.15) is 11.6 Å². The summed E-state index contributed by atoms with van der Waals surface area (Å²) < 4.78 is 85.2. The number of allylic oxidation sites excluding steroid dienone is 2. The molecule has 0 N–H and O–H groups in total. The summed E-state index contributed by atoms with van der Waals surface area (Å²) in [5.41, 5.74) is 0.0199. The second-order valence-corrected chi connectivity index (χ2v) is 8.51. The highest BCUT2D eigenvalue weighted by molar-refractivity contribution is 7.92. The van der Waals surface area contributed by atoms with E-state index in [4.69, 9.17) is 4.74 Å². The highest BCUT2D eigenvalue weighted by Gasteiger charge is 2.66. The van der Waals surface area contributed by atoms with Gasteiger partial charge in [-0.25, -0.2) is 17.8 Å². The standard InChI is InChI=1S/C19H20F4N2O3S/c1-5-16(28-3)15(20)11-13(2)17-24-18(19(21,22)23,29(4,26)27)12-25(17)14-9-7-6-8-10-14/h5-11H,2,12H2,1,3-4H3/b15-11+,16-5+. The van der Waals surface area contributed by atoms with Crippen LogP contribution in [0.2, 0.25) is 0 Å². The number of amidine groups is 1. The Balaban J connectivity index is 2.68. The first-order valence-electron chi connectivity index (χ1n) is 8.34. The smallest absolute Gasteiger partial charge is 0.429 e. The lowest BCUT2D eigenvalue weighted by Crippen LogP contribution is -2.53. The minimum Gasteiger partial charge on any atom is -0.494 e. The van der Waals surface area contributed by atoms with Crippen molar-refractivity contribution < 1.29 is 30.7 Å². The van der Waals surface area contributed by atoms with Crippen LogP contribution in [-0.2, 0) is 14.6 Å². The lowest BCUT2D eigenvalue weighted by atomic mass is 10.2. The van der Waals surface area contributed by atoms with Crippen molar-refractivity contribution in [1.29, 1.82) is 0 Å². The summed E-state index contributed by atoms with van der Waals surface area (Å²) in [6.07, 6.45) is -2.56. The Morgan fingerprint density at radius 2 is 1.90 bits per heavy atom. The van der Waals surface area contributed by atoms with E-state index in [0.29, 0.717) is 6.26 Å². The van der Waals surface area contributed by atoms with Crippen LogP contribution in [0.3, 0.4) is 0 Å². The summed E-state index contributed by atoms with van der Waals surface area (Å²) in [7, 11) is -3.50. The molecule has 5 nitrogen and oxygen atoms in total. The number of anilines is 1. The first kappa shape index (κ1) is 22.7. The molecule has 0 spiro atoms. The van der Waals surface area contributed by atoms with Crippen LogP contribution in [0.4, 0.5) is 23.2 Å². The van der Waals surface area contributed by atoms with Gasteiger partial charge in [0.05, 0.1) is 13.7 Å². The van der Waals surface area contributed by atoms with Crippen LogP contribution in [0.15, 0.2) is 71.2 Å². The minimum atomic E-state index is -5.20. The van der Waals surface area contributed by atoms with Gasteiger partial charge in [-0.1, -0.05) is 24.8 Å². The van der Waals surface area contributed by atoms with Gasteiger partial charge < -0.3 is 9.64 Å². The number of sulfone groups is 1. The van der Waals surface area contributed by atoms with Gasteiger partial charge in [-0.2, -0.15) is 13.2 Å². The minimum absolute atomic E-state index is 0.152. The Kier molecular flexibility index (Phi) is 6.27. The molecule has 1 unspecified atom stereocenters. The fourth-order valence-electron chi connectivity index (χ4n) is 2.83. The lowest BCUT2D eigenvalue weighted by Gasteiger charge is -2.28. The van der Waals surface area contributed by atoms with Gasteiger partial charge in [-0.15, -0.1) is 0 Å². The molecule has 0 saturated heterocycles. The first-order chi connectivity index (χ1) is 13.4. The Hall–Kier alpha value is -2.62. The number of hydrogen-bond donors (Lipinski definition) is 0. The van der Waals surface area contributed by atoms with Crippen molar-refractivity contribution in [2.24, 2.45) is 4.99 Å². The third kappa shape index (κ3) is 4.21. The number of benzene rings is 1. The molecule has 0 amide bonds. The molecule has 0 saturated carbocycles. The predicted molar refractivity (Wildman–Crippen MR) is 104 cm³/mol. The predicted octanol–water partition coefficient (Wildman–Crippen LogP) is 4.17. The number of alkyl halides is 3. The molecule has 10 heteroatoms. The van der Waals surface area contributed by atoms with Crippen LogP contribution >= 0.6 is 0 Å². The molecule has 0 fully saturated rings. The Bertz CT molecular complexity index is 982. The molecule has 1 aliphatic heterocycles. The molecule has 1 aromatic carbocycles. The maximum atomic E-state index is 14.4. The SMILES string of the molecule is C=C(/C=C(F)\C(=C/C)OC)C1=NC(C(F)(F)F)(S(C)(=O)=O)CN1c1ccccc1. The van der Waals surface area contributed by atoms with E-state index in [1.807, 2.05) is 0 Å². The van der Waals surface area contributed by atoms with Gasteiger partial charge in [0.2, 0.25) is 0 Å². The highest BCUT2D eigenvalue weighted by Crippen LogP contribution is 2.44. The lowest BCUT2D eigenvalue weighted by molar-refractivity contribution is -0.155. The number of ether oxygens (including phenoxy) is 1. The maximum absolute atomic E-state index is 14.4. The van der Waals surface area contributed by atoms with Gasteiger partial charge in [-0.3, -0.25) is 0 Å². The highest BCUT2D eigenvalue weighted by atomic mass is 32.2. The quantitative estimate of drug-likeness (QED) is 0.385. The molecular formula is C19H20F4N2O3S. The molecule has 1 aromatic rings. The van der Waals surface area contributed by atoms with Crippen LogP contribution in [0.25, 0.3) is 0 Å². The number of para-hydroxylation sites is 1. The zero-order valence-electron chi connectivity index (χ0n) is 16.0. The molecule has 1 heterocycles. The number of halogens is 4. The maximum Gasteiger partial charge on any atom is 0.429 e. The largest absolute Gasteiger partial charge is 0.494 e. The molecule has 0 aromatic heterocycles. The van der Waals surface area contributed by atoms with E-state index in [1.54, 1.807) is 18.2 Å². The van der Waals surface area contributed by atoms with Crippen LogP contribution in [0, 0.1) is 0 Å². The molecule has 2 rings (SSSR count). The Morgan fingerprint density at radius 3 is 2.34 bits per heavy atom. The van der Waals surface area contributed by atoms with E-state index in [1.165, 1.54) is 32.2 Å². The second-order valence-electron chi connectivity index (χ2n) is 6.29. The molecule has 0 radical (unpaired) electrons. The van der Waals surface area contributed by atoms with Gasteiger partial charge >= 0.3 is 6.18 Å². The van der Waals surface area contributed by atoms with Gasteiger partial charge in [0.25, 0.3) is 4.87 Å². The van der Waals surface area contributed by atoms with Crippen LogP contribution in [-0.4, -0.2) is 45.2 Å². The number of nitrogens with zero attached hydrogens (tertiary/aromatic N) is 2. The van der Waals surface area contributed by atoms with E-state index in [-0.39, 0.29) is 17.0 Å². The van der Waals surface area contributed by atoms with Crippen molar-refractivity contribution in [3.8, 4) is 0 Å². The average molecular weight is 432 g/mol. The molecule has 1 aliphatic rings. The molecular weight excluding hydrogens is 412 g/mol. The summed E-state index contributed by atoms with van der Waals surface area (Å²) in [6.45, 7) is 4.10. The van der Waals surface area contributed by atoms with Crippen LogP contribution in [0.1, 0.15) is 6.92 Å². The van der Waals surface area contributed by atoms with Crippen molar-refractivity contribution in [1.82, 2.24) is 0 Å². The van der Waals surface area contributed by atoms with E-state index in [2.05, 4.69) is 11.6 Å². The van der Waals surface area contributed by atoms with E-state index < -0.39 is 39.1 Å². The zero-order chi connectivity index (χ0) is 22.0. The van der Waals surface area contributed by atoms with Gasteiger partial charge in [0.15, 0.2) is 15.7 Å². The van der Waals surface area contributed by atoms with E-state index >= 15 is 0 Å². The summed E-state index contributed by atoms with van der Waals surface area (Å²) in [5.74, 6) is -1.44. The Labute approximate surface area is 166 Å². The van der Waals surface area contributed by atoms with Gasteiger partial charge in [0, 0.05) is 17.5 Å². The summed E-state index contributed by atoms with van der Waals surface area (Å²) in [4.78, 5) is 1.20. The van der Waals surface area contributed by atoms with Crippen LogP contribution < -0.4 is 4.90 Å². The Morgan fingerprint density at radius 1 is 1.31 bits per heavy atom. The van der Waals surface area contributed by atoms with Crippen molar-refractivity contribution in [3.63, 3.8) is 0 Å². The summed E-state index contributed by atoms with van der Waals surface area (Å²) in [6, 6.07) is 7.77. The molecule has 158 valence electrons. The van der Waals surface area contributed by atoms with Crippen molar-refractivity contribution >= 4 is 21.4 Å². The van der Waals surface area contributed by atoms with Crippen LogP contribution in [0.5, 0.6) is 0 Å². The fourth-order valence-corrected chi connectivity index (χ4v) is 3.86. The van der Waals surface area contributed by atoms with E-state index in [0.717, 1.165) is 11.0 Å². The number of methoxy groups -OCH3 is 1. The first-order valence-corrected chi connectivity index (χ1v) is 10.2. The third-order valence-corrected chi connectivity index (χ3v) is 6.02. The number of hydrogen-bond acceptors (Lipinski definition) is 5. The summed E-state index contributed by atoms with van der Waals surface area (Å²) >= 11 is 0. The molecule has 1 atom stereocenters. The van der Waals surface area contributed by atoms with Crippen molar-refractivity contribution in [2.45, 2.75) is 18.0 Å². The monoisotopic (exact) mass is 432 g/mol. The topological polar surface area (TPSA) is 59.0 Å². The van der Waals surface area contributed by atoms with Crippen molar-refractivity contribution in [3.05, 3.63) is 66.2 Å². The molecule has 0 aliphatic carbocycles. The number of aliphatic imine (C=N–C) groups is 1. The number of rotatable bonds is 6. The summed E-state index contributed by atoms with van der Waals surface area (Å²) in [5, 5.41) is 0. The molecule has 0 bridgehead atoms. The average Bonchev–Trinajstić information content (AvgIpc) is 3.06. The third-order valence-electron chi connectivity index (χ3n) is 4.34. The molecule has 29 heavy (non-hydrogen) atoms. The zero-order valence-corrected chi connectivity index (χ0v) is 16.8. The van der Waals surface area contributed by atoms with Crippen molar-refractivity contribution in [2.75, 3.05) is 24.8 Å². The normalized spacial score (nSPS) is 21.2. The fraction of sp³-hybridized carbons (Fsp3) is 0.316.